The van der Waals surface area contributed by atoms with Crippen LogP contribution in [0, 0.1) is 17.3 Å². The lowest BCUT2D eigenvalue weighted by Gasteiger charge is -2.29. The fraction of sp³-hybridized carbons (Fsp3) is 0.700. The van der Waals surface area contributed by atoms with Crippen molar-refractivity contribution in [3.63, 3.8) is 0 Å². The number of allylic oxidation sites excluding steroid dienone is 2. The summed E-state index contributed by atoms with van der Waals surface area (Å²) in [4.78, 5) is 11.1. The maximum absolute atomic E-state index is 11.1. The predicted octanol–water partition coefficient (Wildman–Crippen LogP) is 2.06. The molecule has 0 aliphatic heterocycles. The fourth-order valence-electron chi connectivity index (χ4n) is 2.76. The van der Waals surface area contributed by atoms with Gasteiger partial charge in [0.1, 0.15) is 0 Å². The Morgan fingerprint density at radius 2 is 2.42 bits per heavy atom. The van der Waals surface area contributed by atoms with E-state index in [1.807, 2.05) is 6.92 Å². The molecule has 0 radical (unpaired) electrons. The summed E-state index contributed by atoms with van der Waals surface area (Å²) in [6.07, 6.45) is 6.99. The first kappa shape index (κ1) is 7.84. The Bertz CT molecular complexity index is 244. The normalized spacial score (nSPS) is 43.8. The van der Waals surface area contributed by atoms with E-state index in [1.165, 1.54) is 0 Å². The van der Waals surface area contributed by atoms with Crippen molar-refractivity contribution in [2.24, 2.45) is 17.3 Å². The van der Waals surface area contributed by atoms with Gasteiger partial charge in [-0.3, -0.25) is 4.79 Å². The average Bonchev–Trinajstić information content (AvgIpc) is 2.62. The van der Waals surface area contributed by atoms with Gasteiger partial charge in [-0.2, -0.15) is 0 Å². The molecule has 66 valence electrons. The molecule has 1 fully saturated rings. The highest BCUT2D eigenvalue weighted by Gasteiger charge is 2.52. The minimum absolute atomic E-state index is 0.310. The topological polar surface area (TPSA) is 37.3 Å². The van der Waals surface area contributed by atoms with Crippen LogP contribution >= 0.6 is 0 Å². The van der Waals surface area contributed by atoms with E-state index in [0.29, 0.717) is 11.8 Å². The lowest BCUT2D eigenvalue weighted by molar-refractivity contribution is -0.150. The van der Waals surface area contributed by atoms with Crippen molar-refractivity contribution < 1.29 is 9.90 Å². The molecule has 0 aromatic rings. The predicted molar refractivity (Wildman–Crippen MR) is 45.7 cm³/mol. The van der Waals surface area contributed by atoms with Crippen LogP contribution in [-0.2, 0) is 4.79 Å². The van der Waals surface area contributed by atoms with Crippen molar-refractivity contribution >= 4 is 5.97 Å². The Morgan fingerprint density at radius 1 is 1.67 bits per heavy atom. The standard InChI is InChI=1S/C10H14O2/c1-2-10(9(11)12)6-7-3-4-8(10)5-7/h3-4,7-8H,2,5-6H2,1H3,(H,11,12). The zero-order chi connectivity index (χ0) is 8.77. The summed E-state index contributed by atoms with van der Waals surface area (Å²) < 4.78 is 0. The van der Waals surface area contributed by atoms with Gasteiger partial charge in [-0.1, -0.05) is 19.1 Å². The van der Waals surface area contributed by atoms with Crippen molar-refractivity contribution in [3.05, 3.63) is 12.2 Å². The van der Waals surface area contributed by atoms with Gasteiger partial charge in [0, 0.05) is 0 Å². The van der Waals surface area contributed by atoms with Crippen molar-refractivity contribution in [1.82, 2.24) is 0 Å². The minimum Gasteiger partial charge on any atom is -0.481 e. The van der Waals surface area contributed by atoms with Gasteiger partial charge < -0.3 is 5.11 Å². The van der Waals surface area contributed by atoms with Crippen LogP contribution in [0.2, 0.25) is 0 Å². The van der Waals surface area contributed by atoms with E-state index < -0.39 is 11.4 Å². The van der Waals surface area contributed by atoms with E-state index in [4.69, 9.17) is 5.11 Å². The van der Waals surface area contributed by atoms with Crippen LogP contribution in [0.25, 0.3) is 0 Å². The number of hydrogen-bond acceptors (Lipinski definition) is 1. The summed E-state index contributed by atoms with van der Waals surface area (Å²) >= 11 is 0. The van der Waals surface area contributed by atoms with E-state index in [1.54, 1.807) is 0 Å². The molecule has 1 saturated carbocycles. The van der Waals surface area contributed by atoms with E-state index in [2.05, 4.69) is 12.2 Å². The number of carboxylic acids is 1. The second-order valence-corrected chi connectivity index (χ2v) is 4.01. The Labute approximate surface area is 72.3 Å². The third kappa shape index (κ3) is 0.780. The van der Waals surface area contributed by atoms with Crippen molar-refractivity contribution in [3.8, 4) is 0 Å². The molecule has 0 aromatic heterocycles. The van der Waals surface area contributed by atoms with Crippen molar-refractivity contribution in [2.75, 3.05) is 0 Å². The molecule has 1 N–H and O–H groups in total. The van der Waals surface area contributed by atoms with E-state index in [-0.39, 0.29) is 0 Å². The fourth-order valence-corrected chi connectivity index (χ4v) is 2.76. The monoisotopic (exact) mass is 166 g/mol. The highest BCUT2D eigenvalue weighted by Crippen LogP contribution is 2.53. The molecule has 0 heterocycles. The Balaban J connectivity index is 2.31. The zero-order valence-electron chi connectivity index (χ0n) is 7.29. The van der Waals surface area contributed by atoms with Gasteiger partial charge in [0.15, 0.2) is 0 Å². The summed E-state index contributed by atoms with van der Waals surface area (Å²) in [7, 11) is 0. The van der Waals surface area contributed by atoms with Crippen molar-refractivity contribution in [1.29, 1.82) is 0 Å². The molecule has 2 rings (SSSR count). The zero-order valence-corrected chi connectivity index (χ0v) is 7.29. The van der Waals surface area contributed by atoms with Gasteiger partial charge in [-0.05, 0) is 31.1 Å². The molecular weight excluding hydrogens is 152 g/mol. The Morgan fingerprint density at radius 3 is 2.67 bits per heavy atom. The smallest absolute Gasteiger partial charge is 0.310 e. The van der Waals surface area contributed by atoms with Crippen LogP contribution in [-0.4, -0.2) is 11.1 Å². The van der Waals surface area contributed by atoms with Crippen LogP contribution in [0.5, 0.6) is 0 Å². The van der Waals surface area contributed by atoms with E-state index >= 15 is 0 Å². The summed E-state index contributed by atoms with van der Waals surface area (Å²) in [5.74, 6) is 0.262. The molecule has 3 unspecified atom stereocenters. The molecule has 0 saturated heterocycles. The van der Waals surface area contributed by atoms with Gasteiger partial charge in [-0.15, -0.1) is 0 Å². The second-order valence-electron chi connectivity index (χ2n) is 4.01. The maximum Gasteiger partial charge on any atom is 0.310 e. The van der Waals surface area contributed by atoms with Gasteiger partial charge in [0.05, 0.1) is 5.41 Å². The van der Waals surface area contributed by atoms with Gasteiger partial charge in [-0.25, -0.2) is 0 Å². The SMILES string of the molecule is CCC1(C(=O)O)CC2C=CC1C2. The molecule has 2 aliphatic rings. The maximum atomic E-state index is 11.1. The molecule has 2 aliphatic carbocycles. The molecule has 0 amide bonds. The van der Waals surface area contributed by atoms with Crippen LogP contribution in [0.1, 0.15) is 26.2 Å². The number of aliphatic carboxylic acids is 1. The lowest BCUT2D eigenvalue weighted by Crippen LogP contribution is -2.34. The second kappa shape index (κ2) is 2.35. The van der Waals surface area contributed by atoms with E-state index in [0.717, 1.165) is 19.3 Å². The number of carbonyl (C=O) groups is 1. The van der Waals surface area contributed by atoms with Gasteiger partial charge in [0.25, 0.3) is 0 Å². The van der Waals surface area contributed by atoms with Crippen LogP contribution in [0.4, 0.5) is 0 Å². The summed E-state index contributed by atoms with van der Waals surface area (Å²) in [6.45, 7) is 1.99. The summed E-state index contributed by atoms with van der Waals surface area (Å²) in [5, 5.41) is 9.15. The highest BCUT2D eigenvalue weighted by molar-refractivity contribution is 5.76. The number of carboxylic acid groups (broad SMARTS) is 1. The first-order valence-electron chi connectivity index (χ1n) is 4.61. The molecular formula is C10H14O2. The molecule has 0 aromatic carbocycles. The molecule has 3 atom stereocenters. The largest absolute Gasteiger partial charge is 0.481 e. The van der Waals surface area contributed by atoms with E-state index in [9.17, 15) is 4.79 Å². The molecule has 2 bridgehead atoms. The Hall–Kier alpha value is -0.790. The summed E-state index contributed by atoms with van der Waals surface area (Å²) in [5.41, 5.74) is -0.417. The lowest BCUT2D eigenvalue weighted by atomic mass is 9.74. The molecule has 2 nitrogen and oxygen atoms in total. The number of fused-ring (bicyclic) bond motifs is 2. The first-order valence-corrected chi connectivity index (χ1v) is 4.61. The molecule has 0 spiro atoms. The molecule has 2 heteroatoms. The number of hydrogen-bond donors (Lipinski definition) is 1. The van der Waals surface area contributed by atoms with Crippen LogP contribution in [0.3, 0.4) is 0 Å². The van der Waals surface area contributed by atoms with Gasteiger partial charge in [0.2, 0.25) is 0 Å². The first-order chi connectivity index (χ1) is 5.69. The highest BCUT2D eigenvalue weighted by atomic mass is 16.4. The number of rotatable bonds is 2. The average molecular weight is 166 g/mol. The van der Waals surface area contributed by atoms with Crippen molar-refractivity contribution in [2.45, 2.75) is 26.2 Å². The third-order valence-electron chi connectivity index (χ3n) is 3.57. The summed E-state index contributed by atoms with van der Waals surface area (Å²) in [6, 6.07) is 0. The quantitative estimate of drug-likeness (QED) is 0.637. The molecule has 12 heavy (non-hydrogen) atoms. The van der Waals surface area contributed by atoms with Crippen LogP contribution < -0.4 is 0 Å². The van der Waals surface area contributed by atoms with Crippen LogP contribution in [0.15, 0.2) is 12.2 Å². The van der Waals surface area contributed by atoms with Gasteiger partial charge >= 0.3 is 5.97 Å². The minimum atomic E-state index is -0.596. The Kier molecular flexibility index (Phi) is 1.53. The third-order valence-corrected chi connectivity index (χ3v) is 3.57.